The first-order valence-corrected chi connectivity index (χ1v) is 6.88. The average Bonchev–Trinajstić information content (AvgIpc) is 2.43. The van der Waals surface area contributed by atoms with Gasteiger partial charge in [-0.2, -0.15) is 0 Å². The molecule has 0 bridgehead atoms. The summed E-state index contributed by atoms with van der Waals surface area (Å²) in [4.78, 5) is 8.59. The van der Waals surface area contributed by atoms with E-state index in [0.29, 0.717) is 5.84 Å². The van der Waals surface area contributed by atoms with Crippen molar-refractivity contribution in [2.24, 2.45) is 21.5 Å². The molecule has 1 unspecified atom stereocenters. The molecule has 0 spiro atoms. The number of nitrogens with two attached hydrogens (primary N) is 2. The number of amidine groups is 1. The predicted octanol–water partition coefficient (Wildman–Crippen LogP) is 3.00. The van der Waals surface area contributed by atoms with Crippen molar-refractivity contribution in [3.05, 3.63) is 35.9 Å². The SMILES string of the molecule is CCCC/C(N)=N/C(N)=NC(CC)c1ccccc1. The van der Waals surface area contributed by atoms with Crippen LogP contribution < -0.4 is 11.5 Å². The number of rotatable bonds is 6. The van der Waals surface area contributed by atoms with Crippen LogP contribution in [-0.4, -0.2) is 11.8 Å². The summed E-state index contributed by atoms with van der Waals surface area (Å²) in [6, 6.07) is 10.1. The number of benzene rings is 1. The number of guanidine groups is 1. The van der Waals surface area contributed by atoms with E-state index < -0.39 is 0 Å². The summed E-state index contributed by atoms with van der Waals surface area (Å²) in [6.45, 7) is 4.20. The van der Waals surface area contributed by atoms with Crippen LogP contribution in [0.15, 0.2) is 40.3 Å². The fraction of sp³-hybridized carbons (Fsp3) is 0.467. The first-order valence-electron chi connectivity index (χ1n) is 6.88. The quantitative estimate of drug-likeness (QED) is 0.609. The maximum atomic E-state index is 5.84. The van der Waals surface area contributed by atoms with Gasteiger partial charge in [-0.25, -0.2) is 9.98 Å². The van der Waals surface area contributed by atoms with Crippen molar-refractivity contribution in [3.8, 4) is 0 Å². The topological polar surface area (TPSA) is 76.8 Å². The maximum absolute atomic E-state index is 5.84. The third kappa shape index (κ3) is 5.55. The van der Waals surface area contributed by atoms with E-state index in [4.69, 9.17) is 11.5 Å². The van der Waals surface area contributed by atoms with Crippen LogP contribution in [0.5, 0.6) is 0 Å². The molecule has 104 valence electrons. The molecule has 1 rings (SSSR count). The van der Waals surface area contributed by atoms with Crippen molar-refractivity contribution in [2.75, 3.05) is 0 Å². The molecule has 1 aromatic rings. The Morgan fingerprint density at radius 2 is 1.84 bits per heavy atom. The van der Waals surface area contributed by atoms with Gasteiger partial charge in [-0.15, -0.1) is 0 Å². The lowest BCUT2D eigenvalue weighted by atomic mass is 10.1. The van der Waals surface area contributed by atoms with Crippen LogP contribution in [0.4, 0.5) is 0 Å². The van der Waals surface area contributed by atoms with Crippen molar-refractivity contribution in [1.29, 1.82) is 0 Å². The average molecular weight is 260 g/mol. The molecule has 0 fully saturated rings. The minimum absolute atomic E-state index is 0.0453. The summed E-state index contributed by atoms with van der Waals surface area (Å²) < 4.78 is 0. The molecule has 0 aliphatic carbocycles. The fourth-order valence-corrected chi connectivity index (χ4v) is 1.83. The molecule has 19 heavy (non-hydrogen) atoms. The number of hydrogen-bond donors (Lipinski definition) is 2. The first kappa shape index (κ1) is 15.2. The van der Waals surface area contributed by atoms with Crippen LogP contribution in [0, 0.1) is 0 Å². The van der Waals surface area contributed by atoms with Crippen molar-refractivity contribution in [3.63, 3.8) is 0 Å². The summed E-state index contributed by atoms with van der Waals surface area (Å²) in [7, 11) is 0. The van der Waals surface area contributed by atoms with Crippen LogP contribution in [-0.2, 0) is 0 Å². The highest BCUT2D eigenvalue weighted by molar-refractivity contribution is 5.94. The number of nitrogens with zero attached hydrogens (tertiary/aromatic N) is 2. The molecule has 1 atom stereocenters. The smallest absolute Gasteiger partial charge is 0.217 e. The Morgan fingerprint density at radius 3 is 2.42 bits per heavy atom. The second kappa shape index (κ2) is 8.29. The normalized spacial score (nSPS) is 14.4. The van der Waals surface area contributed by atoms with E-state index in [1.165, 1.54) is 0 Å². The molecule has 4 N–H and O–H groups in total. The van der Waals surface area contributed by atoms with Crippen molar-refractivity contribution in [1.82, 2.24) is 0 Å². The monoisotopic (exact) mass is 260 g/mol. The molecular weight excluding hydrogens is 236 g/mol. The van der Waals surface area contributed by atoms with E-state index >= 15 is 0 Å². The van der Waals surface area contributed by atoms with Crippen LogP contribution in [0.3, 0.4) is 0 Å². The third-order valence-corrected chi connectivity index (χ3v) is 2.90. The lowest BCUT2D eigenvalue weighted by Crippen LogP contribution is -2.19. The van der Waals surface area contributed by atoms with Gasteiger partial charge >= 0.3 is 0 Å². The molecule has 0 radical (unpaired) electrons. The van der Waals surface area contributed by atoms with E-state index in [-0.39, 0.29) is 12.0 Å². The van der Waals surface area contributed by atoms with E-state index in [0.717, 1.165) is 31.2 Å². The minimum atomic E-state index is 0.0453. The summed E-state index contributed by atoms with van der Waals surface area (Å²) in [5.74, 6) is 0.829. The zero-order chi connectivity index (χ0) is 14.1. The largest absolute Gasteiger partial charge is 0.387 e. The van der Waals surface area contributed by atoms with Gasteiger partial charge in [-0.05, 0) is 18.4 Å². The molecular formula is C15H24N4. The lowest BCUT2D eigenvalue weighted by Gasteiger charge is -2.10. The third-order valence-electron chi connectivity index (χ3n) is 2.90. The summed E-state index contributed by atoms with van der Waals surface area (Å²) in [6.07, 6.45) is 3.78. The van der Waals surface area contributed by atoms with Gasteiger partial charge in [-0.1, -0.05) is 50.6 Å². The van der Waals surface area contributed by atoms with Crippen LogP contribution >= 0.6 is 0 Å². The Morgan fingerprint density at radius 1 is 1.16 bits per heavy atom. The highest BCUT2D eigenvalue weighted by Crippen LogP contribution is 2.20. The van der Waals surface area contributed by atoms with Gasteiger partial charge in [0.05, 0.1) is 6.04 Å². The second-order valence-electron chi connectivity index (χ2n) is 4.53. The molecule has 0 amide bonds. The van der Waals surface area contributed by atoms with Crippen molar-refractivity contribution >= 4 is 11.8 Å². The molecule has 0 aromatic heterocycles. The van der Waals surface area contributed by atoms with Gasteiger partial charge in [0.1, 0.15) is 5.84 Å². The Balaban J connectivity index is 2.75. The second-order valence-corrected chi connectivity index (χ2v) is 4.53. The molecule has 0 saturated heterocycles. The molecule has 0 saturated carbocycles. The Bertz CT molecular complexity index is 423. The summed E-state index contributed by atoms with van der Waals surface area (Å²) in [5.41, 5.74) is 12.8. The van der Waals surface area contributed by atoms with Gasteiger partial charge in [0.25, 0.3) is 0 Å². The number of hydrogen-bond acceptors (Lipinski definition) is 1. The van der Waals surface area contributed by atoms with Crippen molar-refractivity contribution in [2.45, 2.75) is 45.6 Å². The summed E-state index contributed by atoms with van der Waals surface area (Å²) in [5, 5.41) is 0. The van der Waals surface area contributed by atoms with Crippen LogP contribution in [0.1, 0.15) is 51.1 Å². The Labute approximate surface area is 115 Å². The lowest BCUT2D eigenvalue weighted by molar-refractivity contribution is 0.699. The van der Waals surface area contributed by atoms with Gasteiger partial charge in [0.15, 0.2) is 0 Å². The molecule has 0 aliphatic heterocycles. The van der Waals surface area contributed by atoms with Gasteiger partial charge in [0.2, 0.25) is 5.96 Å². The van der Waals surface area contributed by atoms with Gasteiger partial charge in [-0.3, -0.25) is 0 Å². The van der Waals surface area contributed by atoms with E-state index in [2.05, 4.69) is 36.0 Å². The van der Waals surface area contributed by atoms with E-state index in [9.17, 15) is 0 Å². The van der Waals surface area contributed by atoms with Crippen LogP contribution in [0.2, 0.25) is 0 Å². The van der Waals surface area contributed by atoms with E-state index in [1.807, 2.05) is 18.2 Å². The number of unbranched alkanes of at least 4 members (excludes halogenated alkanes) is 1. The summed E-state index contributed by atoms with van der Waals surface area (Å²) >= 11 is 0. The van der Waals surface area contributed by atoms with Gasteiger partial charge < -0.3 is 11.5 Å². The molecule has 4 heteroatoms. The maximum Gasteiger partial charge on any atom is 0.217 e. The van der Waals surface area contributed by atoms with Gasteiger partial charge in [0, 0.05) is 6.42 Å². The zero-order valence-electron chi connectivity index (χ0n) is 11.8. The highest BCUT2D eigenvalue weighted by Gasteiger charge is 2.07. The highest BCUT2D eigenvalue weighted by atomic mass is 15.1. The molecule has 4 nitrogen and oxygen atoms in total. The first-order chi connectivity index (χ1) is 9.17. The Hall–Kier alpha value is -1.84. The standard InChI is InChI=1S/C15H24N4/c1-3-5-11-14(16)19-15(17)18-13(4-2)12-9-7-6-8-10-12/h6-10,13H,3-5,11H2,1-2H3,(H4,16,17,18,19). The molecule has 0 aliphatic rings. The predicted molar refractivity (Wildman–Crippen MR) is 82.2 cm³/mol. The molecule has 1 aromatic carbocycles. The van der Waals surface area contributed by atoms with E-state index in [1.54, 1.807) is 0 Å². The zero-order valence-corrected chi connectivity index (χ0v) is 11.8. The fourth-order valence-electron chi connectivity index (χ4n) is 1.83. The molecule has 0 heterocycles. The minimum Gasteiger partial charge on any atom is -0.387 e. The number of aliphatic imine (C=N–C) groups is 2. The Kier molecular flexibility index (Phi) is 6.64. The van der Waals surface area contributed by atoms with Crippen LogP contribution in [0.25, 0.3) is 0 Å². The van der Waals surface area contributed by atoms with Crippen molar-refractivity contribution < 1.29 is 0 Å².